The van der Waals surface area contributed by atoms with Crippen molar-refractivity contribution in [3.63, 3.8) is 0 Å². The van der Waals surface area contributed by atoms with Gasteiger partial charge in [-0.3, -0.25) is 4.79 Å². The average molecular weight is 495 g/mol. The SMILES string of the molecule is COC1C(C)OC(OCCC2C(C)CCC2C2(C=O)C[C@H]3C=C(C(C)C)[C@@]2(C(=O)O)C3)C(O)C1O. The Morgan fingerprint density at radius 1 is 1.23 bits per heavy atom. The zero-order valence-corrected chi connectivity index (χ0v) is 21.6. The summed E-state index contributed by atoms with van der Waals surface area (Å²) in [6.45, 7) is 8.27. The number of hydrogen-bond acceptors (Lipinski definition) is 7. The van der Waals surface area contributed by atoms with Crippen molar-refractivity contribution in [3.05, 3.63) is 11.6 Å². The van der Waals surface area contributed by atoms with Crippen LogP contribution in [0.5, 0.6) is 0 Å². The molecule has 8 nitrogen and oxygen atoms in total. The van der Waals surface area contributed by atoms with Crippen LogP contribution in [0, 0.1) is 40.4 Å². The van der Waals surface area contributed by atoms with Crippen LogP contribution in [0.25, 0.3) is 0 Å². The Morgan fingerprint density at radius 2 is 1.94 bits per heavy atom. The summed E-state index contributed by atoms with van der Waals surface area (Å²) in [4.78, 5) is 25.8. The molecule has 3 aliphatic carbocycles. The third kappa shape index (κ3) is 4.00. The smallest absolute Gasteiger partial charge is 0.314 e. The van der Waals surface area contributed by atoms with Crippen molar-refractivity contribution < 1.29 is 39.1 Å². The topological polar surface area (TPSA) is 123 Å². The molecule has 3 fully saturated rings. The van der Waals surface area contributed by atoms with Crippen LogP contribution in [-0.2, 0) is 23.8 Å². The molecule has 3 N–H and O–H groups in total. The number of carboxylic acids is 1. The van der Waals surface area contributed by atoms with E-state index in [2.05, 4.69) is 13.0 Å². The molecule has 0 aromatic rings. The number of rotatable bonds is 9. The summed E-state index contributed by atoms with van der Waals surface area (Å²) in [7, 11) is 1.46. The van der Waals surface area contributed by atoms with Crippen molar-refractivity contribution in [1.82, 2.24) is 0 Å². The number of aliphatic hydroxyl groups is 2. The predicted molar refractivity (Wildman–Crippen MR) is 127 cm³/mol. The van der Waals surface area contributed by atoms with Gasteiger partial charge < -0.3 is 34.3 Å². The first kappa shape index (κ1) is 26.7. The van der Waals surface area contributed by atoms with Crippen molar-refractivity contribution in [2.75, 3.05) is 13.7 Å². The fourth-order valence-corrected chi connectivity index (χ4v) is 8.15. The maximum Gasteiger partial charge on any atom is 0.314 e. The minimum atomic E-state index is -1.23. The summed E-state index contributed by atoms with van der Waals surface area (Å²) in [6, 6.07) is 0. The molecule has 11 atom stereocenters. The van der Waals surface area contributed by atoms with Crippen molar-refractivity contribution >= 4 is 12.3 Å². The van der Waals surface area contributed by atoms with Gasteiger partial charge in [-0.1, -0.05) is 38.8 Å². The van der Waals surface area contributed by atoms with Gasteiger partial charge in [-0.05, 0) is 62.2 Å². The van der Waals surface area contributed by atoms with Crippen LogP contribution in [-0.4, -0.2) is 72.0 Å². The van der Waals surface area contributed by atoms with Crippen molar-refractivity contribution in [2.45, 2.75) is 90.5 Å². The number of carbonyl (C=O) groups is 2. The Bertz CT molecular complexity index is 841. The van der Waals surface area contributed by atoms with Crippen molar-refractivity contribution in [2.24, 2.45) is 40.4 Å². The highest BCUT2D eigenvalue weighted by Crippen LogP contribution is 2.70. The molecule has 0 aromatic heterocycles. The molecule has 1 aliphatic heterocycles. The Morgan fingerprint density at radius 3 is 2.54 bits per heavy atom. The van der Waals surface area contributed by atoms with E-state index in [9.17, 15) is 24.9 Å². The molecular weight excluding hydrogens is 452 g/mol. The van der Waals surface area contributed by atoms with E-state index in [1.165, 1.54) is 7.11 Å². The Labute approximate surface area is 208 Å². The molecule has 9 unspecified atom stereocenters. The number of hydrogen-bond donors (Lipinski definition) is 3. The van der Waals surface area contributed by atoms with Gasteiger partial charge in [-0.2, -0.15) is 0 Å². The van der Waals surface area contributed by atoms with E-state index in [0.717, 1.165) is 24.7 Å². The maximum atomic E-state index is 12.9. The summed E-state index contributed by atoms with van der Waals surface area (Å²) in [6.07, 6.45) is 2.24. The lowest BCUT2D eigenvalue weighted by molar-refractivity contribution is -0.297. The van der Waals surface area contributed by atoms with Gasteiger partial charge in [0.15, 0.2) is 6.29 Å². The lowest BCUT2D eigenvalue weighted by Crippen LogP contribution is -2.58. The first-order valence-electron chi connectivity index (χ1n) is 13.1. The number of allylic oxidation sites excluding steroid dienone is 1. The first-order chi connectivity index (χ1) is 16.5. The maximum absolute atomic E-state index is 12.9. The Hall–Kier alpha value is -1.32. The number of aliphatic hydroxyl groups excluding tert-OH is 2. The fourth-order valence-electron chi connectivity index (χ4n) is 8.15. The number of fused-ring (bicyclic) bond motifs is 2. The largest absolute Gasteiger partial charge is 0.481 e. The van der Waals surface area contributed by atoms with E-state index in [0.29, 0.717) is 25.2 Å². The second kappa shape index (κ2) is 9.86. The second-order valence-corrected chi connectivity index (χ2v) is 11.7. The second-order valence-electron chi connectivity index (χ2n) is 11.7. The van der Waals surface area contributed by atoms with Gasteiger partial charge in [-0.15, -0.1) is 0 Å². The number of methoxy groups -OCH3 is 1. The van der Waals surface area contributed by atoms with Gasteiger partial charge in [0.2, 0.25) is 0 Å². The third-order valence-corrected chi connectivity index (χ3v) is 9.69. The van der Waals surface area contributed by atoms with E-state index >= 15 is 0 Å². The van der Waals surface area contributed by atoms with Crippen molar-refractivity contribution in [3.8, 4) is 0 Å². The van der Waals surface area contributed by atoms with E-state index < -0.39 is 47.5 Å². The number of carbonyl (C=O) groups excluding carboxylic acids is 1. The first-order valence-corrected chi connectivity index (χ1v) is 13.1. The molecule has 0 radical (unpaired) electrons. The van der Waals surface area contributed by atoms with Gasteiger partial charge in [0.1, 0.15) is 30.0 Å². The van der Waals surface area contributed by atoms with E-state index in [1.807, 2.05) is 13.8 Å². The van der Waals surface area contributed by atoms with E-state index in [4.69, 9.17) is 14.2 Å². The molecule has 1 saturated heterocycles. The summed E-state index contributed by atoms with van der Waals surface area (Å²) in [5, 5.41) is 31.4. The van der Waals surface area contributed by atoms with Crippen molar-refractivity contribution in [1.29, 1.82) is 0 Å². The summed E-state index contributed by atoms with van der Waals surface area (Å²) >= 11 is 0. The lowest BCUT2D eigenvalue weighted by atomic mass is 9.52. The van der Waals surface area contributed by atoms with E-state index in [-0.39, 0.29) is 30.3 Å². The van der Waals surface area contributed by atoms with Crippen LogP contribution in [0.4, 0.5) is 0 Å². The number of ether oxygens (including phenoxy) is 3. The number of aldehydes is 1. The quantitative estimate of drug-likeness (QED) is 0.330. The van der Waals surface area contributed by atoms with Gasteiger partial charge in [-0.25, -0.2) is 0 Å². The standard InChI is InChI=1S/C27H42O8/c1-14(2)20-10-17-11-26(13-28,27(20,12-17)25(31)32)19-7-6-15(3)18(19)8-9-34-24-22(30)21(29)23(33-5)16(4)35-24/h10,13-19,21-24,29-30H,6-9,11-12H2,1-5H3,(H,31,32)/t15?,16?,17-,18?,19?,21?,22?,23?,24?,26?,27-/m1/s1. The molecule has 0 amide bonds. The fraction of sp³-hybridized carbons (Fsp3) is 0.852. The average Bonchev–Trinajstić information content (AvgIpc) is 3.48. The molecule has 4 aliphatic rings. The highest BCUT2D eigenvalue weighted by molar-refractivity contribution is 5.88. The Kier molecular flexibility index (Phi) is 7.53. The van der Waals surface area contributed by atoms with Gasteiger partial charge in [0, 0.05) is 12.5 Å². The van der Waals surface area contributed by atoms with Gasteiger partial charge >= 0.3 is 5.97 Å². The number of aliphatic carboxylic acids is 1. The number of carboxylic acid groups (broad SMARTS) is 1. The third-order valence-electron chi connectivity index (χ3n) is 9.69. The molecule has 0 aromatic carbocycles. The highest BCUT2D eigenvalue weighted by Gasteiger charge is 2.71. The molecule has 1 heterocycles. The minimum Gasteiger partial charge on any atom is -0.481 e. The van der Waals surface area contributed by atoms with Crippen LogP contribution in [0.15, 0.2) is 11.6 Å². The van der Waals surface area contributed by atoms with Crippen LogP contribution in [0.2, 0.25) is 0 Å². The monoisotopic (exact) mass is 494 g/mol. The van der Waals surface area contributed by atoms with Crippen LogP contribution in [0.1, 0.15) is 59.8 Å². The molecule has 35 heavy (non-hydrogen) atoms. The van der Waals surface area contributed by atoms with Gasteiger partial charge in [0.25, 0.3) is 0 Å². The predicted octanol–water partition coefficient (Wildman–Crippen LogP) is 2.80. The molecular formula is C27H42O8. The van der Waals surface area contributed by atoms with Gasteiger partial charge in [0.05, 0.1) is 12.7 Å². The van der Waals surface area contributed by atoms with Crippen LogP contribution >= 0.6 is 0 Å². The molecule has 198 valence electrons. The zero-order valence-electron chi connectivity index (χ0n) is 21.6. The molecule has 8 heteroatoms. The summed E-state index contributed by atoms with van der Waals surface area (Å²) in [5.41, 5.74) is -1.12. The molecule has 2 saturated carbocycles. The summed E-state index contributed by atoms with van der Waals surface area (Å²) in [5.74, 6) is -0.250. The van der Waals surface area contributed by atoms with Crippen LogP contribution < -0.4 is 0 Å². The highest BCUT2D eigenvalue weighted by atomic mass is 16.7. The summed E-state index contributed by atoms with van der Waals surface area (Å²) < 4.78 is 16.9. The zero-order chi connectivity index (χ0) is 25.7. The van der Waals surface area contributed by atoms with Crippen LogP contribution in [0.3, 0.4) is 0 Å². The molecule has 0 spiro atoms. The van der Waals surface area contributed by atoms with E-state index in [1.54, 1.807) is 6.92 Å². The molecule has 4 rings (SSSR count). The Balaban J connectivity index is 1.52. The minimum absolute atomic E-state index is 0.0401. The normalized spacial score (nSPS) is 47.3. The lowest BCUT2D eigenvalue weighted by Gasteiger charge is -2.48. The molecule has 2 bridgehead atoms.